The molecule has 0 saturated carbocycles. The van der Waals surface area contributed by atoms with Crippen molar-refractivity contribution >= 4 is 34.2 Å². The standard InChI is InChI=1S/C28H26ClN3O6/c1-35-23-7-6-17(10-24(23)36-2)8-9-32(28(34)30-21-5-3-4-20(29)13-21)15-19-11-18-12-25-26(38-16-37-25)14-22(18)31-27(19)33/h3-7,10-14H,8-9,15-16H2,1-2H3,(H,30,34)(H,31,33). The highest BCUT2D eigenvalue weighted by atomic mass is 35.5. The lowest BCUT2D eigenvalue weighted by Crippen LogP contribution is -2.37. The van der Waals surface area contributed by atoms with E-state index in [1.54, 1.807) is 55.5 Å². The first kappa shape index (κ1) is 25.3. The van der Waals surface area contributed by atoms with Crippen LogP contribution in [-0.2, 0) is 13.0 Å². The molecule has 0 fully saturated rings. The van der Waals surface area contributed by atoms with E-state index < -0.39 is 0 Å². The van der Waals surface area contributed by atoms with Gasteiger partial charge in [0.2, 0.25) is 6.79 Å². The molecule has 1 aromatic heterocycles. The molecule has 196 valence electrons. The van der Waals surface area contributed by atoms with E-state index in [1.807, 2.05) is 24.3 Å². The lowest BCUT2D eigenvalue weighted by molar-refractivity contribution is 0.174. The molecule has 0 saturated heterocycles. The molecule has 0 radical (unpaired) electrons. The van der Waals surface area contributed by atoms with E-state index >= 15 is 0 Å². The van der Waals surface area contributed by atoms with Gasteiger partial charge in [0.05, 0.1) is 26.3 Å². The van der Waals surface area contributed by atoms with Gasteiger partial charge in [0.15, 0.2) is 23.0 Å². The predicted molar refractivity (Wildman–Crippen MR) is 145 cm³/mol. The highest BCUT2D eigenvalue weighted by Gasteiger charge is 2.19. The Hall–Kier alpha value is -4.37. The molecule has 2 heterocycles. The van der Waals surface area contributed by atoms with Gasteiger partial charge in [-0.25, -0.2) is 4.79 Å². The number of anilines is 1. The number of carbonyl (C=O) groups excluding carboxylic acids is 1. The Morgan fingerprint density at radius 3 is 2.58 bits per heavy atom. The Kier molecular flexibility index (Phi) is 7.28. The fraction of sp³-hybridized carbons (Fsp3) is 0.214. The number of halogens is 1. The summed E-state index contributed by atoms with van der Waals surface area (Å²) in [7, 11) is 3.15. The molecule has 10 heteroatoms. The summed E-state index contributed by atoms with van der Waals surface area (Å²) in [6, 6.07) is 17.5. The minimum Gasteiger partial charge on any atom is -0.493 e. The lowest BCUT2D eigenvalue weighted by atomic mass is 10.1. The van der Waals surface area contributed by atoms with Crippen LogP contribution in [0.25, 0.3) is 10.9 Å². The van der Waals surface area contributed by atoms with Crippen LogP contribution in [0.2, 0.25) is 5.02 Å². The van der Waals surface area contributed by atoms with Gasteiger partial charge < -0.3 is 34.1 Å². The zero-order valence-corrected chi connectivity index (χ0v) is 21.6. The van der Waals surface area contributed by atoms with Crippen molar-refractivity contribution in [3.63, 3.8) is 0 Å². The summed E-state index contributed by atoms with van der Waals surface area (Å²) in [5.41, 5.74) is 2.28. The summed E-state index contributed by atoms with van der Waals surface area (Å²) < 4.78 is 21.6. The third kappa shape index (κ3) is 5.47. The smallest absolute Gasteiger partial charge is 0.322 e. The fourth-order valence-corrected chi connectivity index (χ4v) is 4.48. The number of carbonyl (C=O) groups is 1. The summed E-state index contributed by atoms with van der Waals surface area (Å²) >= 11 is 6.10. The number of benzene rings is 3. The van der Waals surface area contributed by atoms with Crippen molar-refractivity contribution in [1.82, 2.24) is 9.88 Å². The number of nitrogens with zero attached hydrogens (tertiary/aromatic N) is 1. The Morgan fingerprint density at radius 2 is 1.82 bits per heavy atom. The maximum Gasteiger partial charge on any atom is 0.322 e. The average Bonchev–Trinajstić information content (AvgIpc) is 3.37. The number of nitrogens with one attached hydrogen (secondary N) is 2. The molecule has 38 heavy (non-hydrogen) atoms. The zero-order chi connectivity index (χ0) is 26.6. The number of methoxy groups -OCH3 is 2. The van der Waals surface area contributed by atoms with Gasteiger partial charge in [0.25, 0.3) is 5.56 Å². The number of pyridine rings is 1. The van der Waals surface area contributed by atoms with Crippen LogP contribution in [0.5, 0.6) is 23.0 Å². The van der Waals surface area contributed by atoms with Gasteiger partial charge in [-0.15, -0.1) is 0 Å². The molecule has 1 aliphatic heterocycles. The second kappa shape index (κ2) is 10.9. The molecule has 2 amide bonds. The molecule has 9 nitrogen and oxygen atoms in total. The van der Waals surface area contributed by atoms with Crippen molar-refractivity contribution in [2.45, 2.75) is 13.0 Å². The number of amides is 2. The number of fused-ring (bicyclic) bond motifs is 2. The molecular weight excluding hydrogens is 510 g/mol. The summed E-state index contributed by atoms with van der Waals surface area (Å²) in [4.78, 5) is 30.8. The minimum absolute atomic E-state index is 0.0827. The third-order valence-electron chi connectivity index (χ3n) is 6.26. The second-order valence-electron chi connectivity index (χ2n) is 8.72. The van der Waals surface area contributed by atoms with Crippen LogP contribution in [0.15, 0.2) is 65.5 Å². The second-order valence-corrected chi connectivity index (χ2v) is 9.15. The monoisotopic (exact) mass is 535 g/mol. The van der Waals surface area contributed by atoms with Gasteiger partial charge in [-0.1, -0.05) is 23.7 Å². The van der Waals surface area contributed by atoms with Crippen LogP contribution in [0.1, 0.15) is 11.1 Å². The molecule has 1 aliphatic rings. The first-order valence-corrected chi connectivity index (χ1v) is 12.3. The van der Waals surface area contributed by atoms with E-state index in [1.165, 1.54) is 0 Å². The maximum absolute atomic E-state index is 13.4. The number of hydrogen-bond acceptors (Lipinski definition) is 6. The first-order valence-electron chi connectivity index (χ1n) is 11.9. The minimum atomic E-state index is -0.363. The molecule has 0 bridgehead atoms. The molecular formula is C28H26ClN3O6. The third-order valence-corrected chi connectivity index (χ3v) is 6.49. The fourth-order valence-electron chi connectivity index (χ4n) is 4.29. The van der Waals surface area contributed by atoms with Crippen LogP contribution in [0.3, 0.4) is 0 Å². The number of aromatic nitrogens is 1. The topological polar surface area (TPSA) is 102 Å². The highest BCUT2D eigenvalue weighted by Crippen LogP contribution is 2.35. The van der Waals surface area contributed by atoms with Crippen molar-refractivity contribution in [3.8, 4) is 23.0 Å². The Morgan fingerprint density at radius 1 is 1.03 bits per heavy atom. The van der Waals surface area contributed by atoms with E-state index in [2.05, 4.69) is 10.3 Å². The number of hydrogen-bond donors (Lipinski definition) is 2. The quantitative estimate of drug-likeness (QED) is 0.321. The first-order chi connectivity index (χ1) is 18.4. The summed E-state index contributed by atoms with van der Waals surface area (Å²) in [6.45, 7) is 0.552. The Balaban J connectivity index is 1.42. The average molecular weight is 536 g/mol. The van der Waals surface area contributed by atoms with Crippen LogP contribution < -0.4 is 29.8 Å². The van der Waals surface area contributed by atoms with Crippen LogP contribution in [-0.4, -0.2) is 43.5 Å². The van der Waals surface area contributed by atoms with Crippen molar-refractivity contribution in [2.75, 3.05) is 32.9 Å². The summed E-state index contributed by atoms with van der Waals surface area (Å²) in [5.74, 6) is 2.41. The summed E-state index contributed by atoms with van der Waals surface area (Å²) in [6.07, 6.45) is 0.521. The van der Waals surface area contributed by atoms with Crippen molar-refractivity contribution in [1.29, 1.82) is 0 Å². The van der Waals surface area contributed by atoms with Gasteiger partial charge in [0.1, 0.15) is 0 Å². The Labute approximate surface area is 223 Å². The van der Waals surface area contributed by atoms with E-state index in [4.69, 9.17) is 30.5 Å². The van der Waals surface area contributed by atoms with Crippen LogP contribution in [0.4, 0.5) is 10.5 Å². The number of rotatable bonds is 8. The molecule has 0 unspecified atom stereocenters. The molecule has 0 spiro atoms. The van der Waals surface area contributed by atoms with Gasteiger partial charge in [-0.05, 0) is 54.4 Å². The van der Waals surface area contributed by atoms with Crippen molar-refractivity contribution < 1.29 is 23.7 Å². The number of H-pyrrole nitrogens is 1. The van der Waals surface area contributed by atoms with Crippen LogP contribution in [0, 0.1) is 0 Å². The van der Waals surface area contributed by atoms with E-state index in [-0.39, 0.29) is 24.9 Å². The molecule has 3 aromatic carbocycles. The van der Waals surface area contributed by atoms with Crippen LogP contribution >= 0.6 is 11.6 Å². The normalized spacial score (nSPS) is 11.9. The van der Waals surface area contributed by atoms with Gasteiger partial charge >= 0.3 is 6.03 Å². The van der Waals surface area contributed by atoms with Gasteiger partial charge in [-0.2, -0.15) is 0 Å². The molecule has 0 aliphatic carbocycles. The molecule has 4 aromatic rings. The zero-order valence-electron chi connectivity index (χ0n) is 20.9. The Bertz CT molecular complexity index is 1550. The van der Waals surface area contributed by atoms with E-state index in [9.17, 15) is 9.59 Å². The predicted octanol–water partition coefficient (Wildman–Crippen LogP) is 5.20. The largest absolute Gasteiger partial charge is 0.493 e. The van der Waals surface area contributed by atoms with E-state index in [0.29, 0.717) is 57.8 Å². The van der Waals surface area contributed by atoms with E-state index in [0.717, 1.165) is 10.9 Å². The maximum atomic E-state index is 13.4. The number of aromatic amines is 1. The highest BCUT2D eigenvalue weighted by molar-refractivity contribution is 6.30. The van der Waals surface area contributed by atoms with Crippen molar-refractivity contribution in [2.24, 2.45) is 0 Å². The SMILES string of the molecule is COc1ccc(CCN(Cc2cc3cc4c(cc3[nH]c2=O)OCO4)C(=O)Nc2cccc(Cl)c2)cc1OC. The van der Waals surface area contributed by atoms with Gasteiger partial charge in [0, 0.05) is 34.3 Å². The van der Waals surface area contributed by atoms with Gasteiger partial charge in [-0.3, -0.25) is 4.79 Å². The molecule has 2 N–H and O–H groups in total. The summed E-state index contributed by atoms with van der Waals surface area (Å²) in [5, 5.41) is 4.16. The lowest BCUT2D eigenvalue weighted by Gasteiger charge is -2.23. The number of ether oxygens (including phenoxy) is 4. The van der Waals surface area contributed by atoms with Crippen molar-refractivity contribution in [3.05, 3.63) is 87.2 Å². The number of urea groups is 1. The molecule has 5 rings (SSSR count). The molecule has 0 atom stereocenters.